The molecule has 0 saturated carbocycles. The van der Waals surface area contributed by atoms with Gasteiger partial charge in [0.05, 0.1) is 5.69 Å². The number of anilines is 1. The zero-order valence-corrected chi connectivity index (χ0v) is 14.7. The monoisotopic (exact) mass is 368 g/mol. The molecule has 2 heterocycles. The smallest absolute Gasteiger partial charge is 0.266 e. The van der Waals surface area contributed by atoms with Gasteiger partial charge in [0.2, 0.25) is 5.91 Å². The van der Waals surface area contributed by atoms with Gasteiger partial charge in [-0.15, -0.1) is 0 Å². The minimum absolute atomic E-state index is 0.121. The van der Waals surface area contributed by atoms with Crippen LogP contribution in [-0.4, -0.2) is 20.7 Å². The molecule has 7 heteroatoms. The van der Waals surface area contributed by atoms with Crippen molar-refractivity contribution in [3.8, 4) is 11.3 Å². The molecule has 6 nitrogen and oxygen atoms in total. The summed E-state index contributed by atoms with van der Waals surface area (Å²) in [5.74, 6) is -0.121. The van der Waals surface area contributed by atoms with E-state index in [2.05, 4.69) is 15.4 Å². The van der Waals surface area contributed by atoms with Crippen molar-refractivity contribution in [2.75, 3.05) is 5.32 Å². The highest BCUT2D eigenvalue weighted by Gasteiger charge is 2.06. The lowest BCUT2D eigenvalue weighted by molar-refractivity contribution is -0.116. The number of halogens is 1. The molecular formula is C19H17ClN4O2. The molecule has 0 unspecified atom stereocenters. The van der Waals surface area contributed by atoms with Gasteiger partial charge in [-0.1, -0.05) is 11.6 Å². The summed E-state index contributed by atoms with van der Waals surface area (Å²) in [5.41, 5.74) is 1.99. The second-order valence-electron chi connectivity index (χ2n) is 5.68. The first kappa shape index (κ1) is 17.8. The molecule has 132 valence electrons. The largest absolute Gasteiger partial charge is 0.326 e. The van der Waals surface area contributed by atoms with Crippen LogP contribution in [0.1, 0.15) is 12.8 Å². The number of hydrogen-bond acceptors (Lipinski definition) is 4. The summed E-state index contributed by atoms with van der Waals surface area (Å²) in [7, 11) is 0. The summed E-state index contributed by atoms with van der Waals surface area (Å²) in [6, 6.07) is 13.7. The van der Waals surface area contributed by atoms with Gasteiger partial charge in [0.25, 0.3) is 5.56 Å². The first-order chi connectivity index (χ1) is 12.6. The summed E-state index contributed by atoms with van der Waals surface area (Å²) < 4.78 is 1.37. The number of benzene rings is 1. The second kappa shape index (κ2) is 8.40. The fourth-order valence-corrected chi connectivity index (χ4v) is 2.55. The molecule has 0 fully saturated rings. The van der Waals surface area contributed by atoms with Gasteiger partial charge >= 0.3 is 0 Å². The van der Waals surface area contributed by atoms with Crippen molar-refractivity contribution >= 4 is 23.2 Å². The summed E-state index contributed by atoms with van der Waals surface area (Å²) in [6.07, 6.45) is 4.16. The SMILES string of the molecule is O=C(CCCn1nc(-c2cccnc2)ccc1=O)Nc1ccc(Cl)cc1. The number of nitrogens with one attached hydrogen (secondary N) is 1. The number of rotatable bonds is 6. The van der Waals surface area contributed by atoms with Crippen molar-refractivity contribution in [3.05, 3.63) is 76.3 Å². The normalized spacial score (nSPS) is 10.5. The fraction of sp³-hybridized carbons (Fsp3) is 0.158. The standard InChI is InChI=1S/C19H17ClN4O2/c20-15-5-7-16(8-6-15)22-18(25)4-2-12-24-19(26)10-9-17(23-24)14-3-1-11-21-13-14/h1,3,5-11,13H,2,4,12H2,(H,22,25). The molecule has 0 spiro atoms. The highest BCUT2D eigenvalue weighted by Crippen LogP contribution is 2.14. The first-order valence-electron chi connectivity index (χ1n) is 8.16. The lowest BCUT2D eigenvalue weighted by atomic mass is 10.2. The topological polar surface area (TPSA) is 76.9 Å². The third-order valence-electron chi connectivity index (χ3n) is 3.73. The Balaban J connectivity index is 1.58. The van der Waals surface area contributed by atoms with Crippen LogP contribution >= 0.6 is 11.6 Å². The van der Waals surface area contributed by atoms with E-state index in [-0.39, 0.29) is 17.9 Å². The van der Waals surface area contributed by atoms with Crippen molar-refractivity contribution < 1.29 is 4.79 Å². The lowest BCUT2D eigenvalue weighted by Gasteiger charge is -2.08. The van der Waals surface area contributed by atoms with E-state index >= 15 is 0 Å². The van der Waals surface area contributed by atoms with Crippen LogP contribution in [0.2, 0.25) is 5.02 Å². The minimum Gasteiger partial charge on any atom is -0.326 e. The summed E-state index contributed by atoms with van der Waals surface area (Å²) >= 11 is 5.82. The summed E-state index contributed by atoms with van der Waals surface area (Å²) in [4.78, 5) is 28.0. The molecule has 0 aliphatic rings. The maximum absolute atomic E-state index is 12.0. The van der Waals surface area contributed by atoms with E-state index < -0.39 is 0 Å². The number of amides is 1. The van der Waals surface area contributed by atoms with Crippen LogP contribution in [0.25, 0.3) is 11.3 Å². The Morgan fingerprint density at radius 2 is 1.92 bits per heavy atom. The molecule has 0 bridgehead atoms. The molecular weight excluding hydrogens is 352 g/mol. The van der Waals surface area contributed by atoms with Gasteiger partial charge < -0.3 is 5.32 Å². The third kappa shape index (κ3) is 4.77. The van der Waals surface area contributed by atoms with Gasteiger partial charge in [0, 0.05) is 47.7 Å². The highest BCUT2D eigenvalue weighted by molar-refractivity contribution is 6.30. The zero-order chi connectivity index (χ0) is 18.4. The molecule has 1 amide bonds. The minimum atomic E-state index is -0.198. The van der Waals surface area contributed by atoms with E-state index in [0.29, 0.717) is 29.4 Å². The molecule has 3 rings (SSSR count). The van der Waals surface area contributed by atoms with Crippen LogP contribution < -0.4 is 10.9 Å². The van der Waals surface area contributed by atoms with E-state index in [1.807, 2.05) is 12.1 Å². The van der Waals surface area contributed by atoms with E-state index in [1.54, 1.807) is 42.7 Å². The Morgan fingerprint density at radius 1 is 1.12 bits per heavy atom. The fourth-order valence-electron chi connectivity index (χ4n) is 2.42. The number of nitrogens with zero attached hydrogens (tertiary/aromatic N) is 3. The van der Waals surface area contributed by atoms with Crippen LogP contribution in [0.15, 0.2) is 65.7 Å². The molecule has 0 radical (unpaired) electrons. The third-order valence-corrected chi connectivity index (χ3v) is 3.98. The number of hydrogen-bond donors (Lipinski definition) is 1. The Kier molecular flexibility index (Phi) is 5.76. The molecule has 1 N–H and O–H groups in total. The number of aryl methyl sites for hydroxylation is 1. The second-order valence-corrected chi connectivity index (χ2v) is 6.12. The predicted octanol–water partition coefficient (Wildman–Crippen LogP) is 3.38. The summed E-state index contributed by atoms with van der Waals surface area (Å²) in [5, 5.41) is 7.76. The average Bonchev–Trinajstić information content (AvgIpc) is 2.66. The van der Waals surface area contributed by atoms with Gasteiger partial charge in [-0.2, -0.15) is 5.10 Å². The van der Waals surface area contributed by atoms with Gasteiger partial charge in [-0.3, -0.25) is 14.6 Å². The highest BCUT2D eigenvalue weighted by atomic mass is 35.5. The lowest BCUT2D eigenvalue weighted by Crippen LogP contribution is -2.23. The van der Waals surface area contributed by atoms with Gasteiger partial charge in [-0.05, 0) is 48.9 Å². The van der Waals surface area contributed by atoms with E-state index in [0.717, 1.165) is 5.56 Å². The van der Waals surface area contributed by atoms with Gasteiger partial charge in [0.1, 0.15) is 0 Å². The molecule has 26 heavy (non-hydrogen) atoms. The molecule has 3 aromatic rings. The van der Waals surface area contributed by atoms with Crippen LogP contribution in [0, 0.1) is 0 Å². The Bertz CT molecular complexity index is 940. The Labute approximate surface area is 155 Å². The number of carbonyl (C=O) groups is 1. The maximum Gasteiger partial charge on any atom is 0.266 e. The molecule has 0 saturated heterocycles. The van der Waals surface area contributed by atoms with Crippen molar-refractivity contribution in [2.45, 2.75) is 19.4 Å². The number of pyridine rings is 1. The van der Waals surface area contributed by atoms with Crippen LogP contribution in [-0.2, 0) is 11.3 Å². The molecule has 0 atom stereocenters. The van der Waals surface area contributed by atoms with E-state index in [4.69, 9.17) is 11.6 Å². The maximum atomic E-state index is 12.0. The van der Waals surface area contributed by atoms with Crippen LogP contribution in [0.4, 0.5) is 5.69 Å². The van der Waals surface area contributed by atoms with E-state index in [1.165, 1.54) is 10.7 Å². The summed E-state index contributed by atoms with van der Waals surface area (Å²) in [6.45, 7) is 0.362. The number of carbonyl (C=O) groups excluding carboxylic acids is 1. The van der Waals surface area contributed by atoms with Crippen LogP contribution in [0.5, 0.6) is 0 Å². The quantitative estimate of drug-likeness (QED) is 0.723. The van der Waals surface area contributed by atoms with Gasteiger partial charge in [-0.25, -0.2) is 4.68 Å². The van der Waals surface area contributed by atoms with Crippen molar-refractivity contribution in [3.63, 3.8) is 0 Å². The predicted molar refractivity (Wildman–Crippen MR) is 101 cm³/mol. The van der Waals surface area contributed by atoms with Crippen LogP contribution in [0.3, 0.4) is 0 Å². The van der Waals surface area contributed by atoms with Crippen molar-refractivity contribution in [1.82, 2.24) is 14.8 Å². The Hall–Kier alpha value is -2.99. The van der Waals surface area contributed by atoms with Crippen molar-refractivity contribution in [1.29, 1.82) is 0 Å². The van der Waals surface area contributed by atoms with Gasteiger partial charge in [0.15, 0.2) is 0 Å². The first-order valence-corrected chi connectivity index (χ1v) is 8.53. The molecule has 1 aromatic carbocycles. The molecule has 0 aliphatic heterocycles. The molecule has 2 aromatic heterocycles. The molecule has 0 aliphatic carbocycles. The zero-order valence-electron chi connectivity index (χ0n) is 13.9. The average molecular weight is 369 g/mol. The van der Waals surface area contributed by atoms with E-state index in [9.17, 15) is 9.59 Å². The number of aromatic nitrogens is 3. The van der Waals surface area contributed by atoms with Crippen molar-refractivity contribution in [2.24, 2.45) is 0 Å². The Morgan fingerprint density at radius 3 is 2.65 bits per heavy atom.